The Hall–Kier alpha value is -2.37. The number of rotatable bonds is 5. The van der Waals surface area contributed by atoms with Crippen molar-refractivity contribution in [2.45, 2.75) is 25.3 Å². The molecule has 1 atom stereocenters. The molecule has 1 fully saturated rings. The van der Waals surface area contributed by atoms with Crippen molar-refractivity contribution >= 4 is 23.3 Å². The topological polar surface area (TPSA) is 85.0 Å². The zero-order chi connectivity index (χ0) is 14.8. The number of hydrazone groups is 1. The SMILES string of the molecule is NC(=O)[C@H]1CC(C(=O)OCC2CC2)=NN1c1ccccc1. The van der Waals surface area contributed by atoms with E-state index in [9.17, 15) is 9.59 Å². The summed E-state index contributed by atoms with van der Waals surface area (Å²) in [5, 5.41) is 5.73. The van der Waals surface area contributed by atoms with E-state index in [0.717, 1.165) is 18.5 Å². The summed E-state index contributed by atoms with van der Waals surface area (Å²) in [4.78, 5) is 23.6. The van der Waals surface area contributed by atoms with E-state index in [1.54, 1.807) is 0 Å². The zero-order valence-corrected chi connectivity index (χ0v) is 11.6. The number of primary amides is 1. The molecule has 6 nitrogen and oxygen atoms in total. The van der Waals surface area contributed by atoms with Gasteiger partial charge in [-0.1, -0.05) is 18.2 Å². The van der Waals surface area contributed by atoms with Crippen molar-refractivity contribution in [1.29, 1.82) is 0 Å². The summed E-state index contributed by atoms with van der Waals surface area (Å²) in [5.41, 5.74) is 6.40. The van der Waals surface area contributed by atoms with Crippen LogP contribution in [0.15, 0.2) is 35.4 Å². The summed E-state index contributed by atoms with van der Waals surface area (Å²) in [7, 11) is 0. The fourth-order valence-corrected chi connectivity index (χ4v) is 2.24. The van der Waals surface area contributed by atoms with Crippen molar-refractivity contribution in [3.8, 4) is 0 Å². The molecule has 21 heavy (non-hydrogen) atoms. The van der Waals surface area contributed by atoms with Gasteiger partial charge in [-0.05, 0) is 30.9 Å². The number of benzene rings is 1. The normalized spacial score (nSPS) is 21.0. The molecule has 0 radical (unpaired) electrons. The van der Waals surface area contributed by atoms with Gasteiger partial charge in [0.2, 0.25) is 5.91 Å². The van der Waals surface area contributed by atoms with Crippen LogP contribution in [0.2, 0.25) is 0 Å². The average molecular weight is 287 g/mol. The standard InChI is InChI=1S/C15H17N3O3/c16-14(19)13-8-12(15(20)21-9-10-6-7-10)17-18(13)11-4-2-1-3-5-11/h1-5,10,13H,6-9H2,(H2,16,19)/t13-/m1/s1. The monoisotopic (exact) mass is 287 g/mol. The van der Waals surface area contributed by atoms with E-state index in [-0.39, 0.29) is 12.1 Å². The van der Waals surface area contributed by atoms with Crippen molar-refractivity contribution in [1.82, 2.24) is 0 Å². The van der Waals surface area contributed by atoms with Crippen LogP contribution in [0.3, 0.4) is 0 Å². The number of esters is 1. The Morgan fingerprint density at radius 2 is 2.00 bits per heavy atom. The van der Waals surface area contributed by atoms with E-state index in [0.29, 0.717) is 12.5 Å². The maximum atomic E-state index is 12.0. The van der Waals surface area contributed by atoms with Gasteiger partial charge in [-0.3, -0.25) is 9.80 Å². The molecule has 1 aromatic rings. The average Bonchev–Trinajstić information content (AvgIpc) is 3.21. The highest BCUT2D eigenvalue weighted by Crippen LogP contribution is 2.29. The van der Waals surface area contributed by atoms with Crippen LogP contribution in [0, 0.1) is 5.92 Å². The van der Waals surface area contributed by atoms with Gasteiger partial charge in [-0.25, -0.2) is 4.79 Å². The number of nitrogens with two attached hydrogens (primary N) is 1. The summed E-state index contributed by atoms with van der Waals surface area (Å²) in [6.45, 7) is 0.435. The first-order chi connectivity index (χ1) is 10.1. The predicted octanol–water partition coefficient (Wildman–Crippen LogP) is 1.06. The maximum Gasteiger partial charge on any atom is 0.354 e. The van der Waals surface area contributed by atoms with E-state index in [4.69, 9.17) is 10.5 Å². The van der Waals surface area contributed by atoms with Crippen molar-refractivity contribution in [2.75, 3.05) is 11.6 Å². The molecule has 0 aromatic heterocycles. The fourth-order valence-electron chi connectivity index (χ4n) is 2.24. The first-order valence-electron chi connectivity index (χ1n) is 7.03. The highest BCUT2D eigenvalue weighted by molar-refractivity contribution is 6.38. The molecule has 6 heteroatoms. The molecule has 1 aliphatic carbocycles. The van der Waals surface area contributed by atoms with Gasteiger partial charge in [0.15, 0.2) is 0 Å². The Balaban J connectivity index is 1.75. The molecule has 2 aliphatic rings. The molecule has 1 amide bonds. The molecule has 1 saturated carbocycles. The molecule has 1 aromatic carbocycles. The van der Waals surface area contributed by atoms with Gasteiger partial charge < -0.3 is 10.5 Å². The van der Waals surface area contributed by atoms with Gasteiger partial charge in [-0.15, -0.1) is 0 Å². The molecule has 2 N–H and O–H groups in total. The van der Waals surface area contributed by atoms with Gasteiger partial charge >= 0.3 is 5.97 Å². The highest BCUT2D eigenvalue weighted by atomic mass is 16.5. The Kier molecular flexibility index (Phi) is 3.60. The van der Waals surface area contributed by atoms with E-state index < -0.39 is 17.9 Å². The number of nitrogens with zero attached hydrogens (tertiary/aromatic N) is 2. The first-order valence-corrected chi connectivity index (χ1v) is 7.03. The number of para-hydroxylation sites is 1. The van der Waals surface area contributed by atoms with Gasteiger partial charge in [0.1, 0.15) is 11.8 Å². The van der Waals surface area contributed by atoms with Crippen LogP contribution < -0.4 is 10.7 Å². The molecule has 0 unspecified atom stereocenters. The van der Waals surface area contributed by atoms with Crippen LogP contribution in [0.1, 0.15) is 19.3 Å². The molecule has 3 rings (SSSR count). The first kappa shape index (κ1) is 13.6. The number of anilines is 1. The second kappa shape index (κ2) is 5.55. The Bertz CT molecular complexity index is 581. The van der Waals surface area contributed by atoms with Gasteiger partial charge in [0.25, 0.3) is 0 Å². The van der Waals surface area contributed by atoms with E-state index in [1.165, 1.54) is 5.01 Å². The molecule has 0 saturated heterocycles. The second-order valence-electron chi connectivity index (χ2n) is 5.39. The molecule has 110 valence electrons. The maximum absolute atomic E-state index is 12.0. The lowest BCUT2D eigenvalue weighted by atomic mass is 10.1. The number of carbonyl (C=O) groups excluding carboxylic acids is 2. The zero-order valence-electron chi connectivity index (χ0n) is 11.6. The highest BCUT2D eigenvalue weighted by Gasteiger charge is 2.36. The number of amides is 1. The molecule has 1 heterocycles. The third-order valence-electron chi connectivity index (χ3n) is 3.64. The molecule has 0 spiro atoms. The summed E-state index contributed by atoms with van der Waals surface area (Å²) in [6, 6.07) is 8.54. The van der Waals surface area contributed by atoms with Crippen LogP contribution in [-0.4, -0.2) is 30.2 Å². The van der Waals surface area contributed by atoms with Crippen LogP contribution >= 0.6 is 0 Å². The van der Waals surface area contributed by atoms with Crippen LogP contribution in [0.4, 0.5) is 5.69 Å². The lowest BCUT2D eigenvalue weighted by Gasteiger charge is -2.20. The summed E-state index contributed by atoms with van der Waals surface area (Å²) >= 11 is 0. The minimum Gasteiger partial charge on any atom is -0.461 e. The summed E-state index contributed by atoms with van der Waals surface area (Å²) < 4.78 is 5.21. The molecular weight excluding hydrogens is 270 g/mol. The van der Waals surface area contributed by atoms with Crippen LogP contribution in [-0.2, 0) is 14.3 Å². The van der Waals surface area contributed by atoms with Gasteiger partial charge in [-0.2, -0.15) is 5.10 Å². The second-order valence-corrected chi connectivity index (χ2v) is 5.39. The van der Waals surface area contributed by atoms with Crippen molar-refractivity contribution in [3.63, 3.8) is 0 Å². The predicted molar refractivity (Wildman–Crippen MR) is 77.6 cm³/mol. The Morgan fingerprint density at radius 1 is 1.29 bits per heavy atom. The van der Waals surface area contributed by atoms with Crippen molar-refractivity contribution in [3.05, 3.63) is 30.3 Å². The summed E-state index contributed by atoms with van der Waals surface area (Å²) in [6.07, 6.45) is 2.41. The number of hydrogen-bond acceptors (Lipinski definition) is 5. The Morgan fingerprint density at radius 3 is 2.62 bits per heavy atom. The van der Waals surface area contributed by atoms with E-state index in [1.807, 2.05) is 30.3 Å². The quantitative estimate of drug-likeness (QED) is 0.821. The van der Waals surface area contributed by atoms with Crippen molar-refractivity contribution in [2.24, 2.45) is 16.8 Å². The number of hydrogen-bond donors (Lipinski definition) is 1. The lowest BCUT2D eigenvalue weighted by Crippen LogP contribution is -2.39. The largest absolute Gasteiger partial charge is 0.461 e. The van der Waals surface area contributed by atoms with Gasteiger partial charge in [0, 0.05) is 6.42 Å². The third-order valence-corrected chi connectivity index (χ3v) is 3.64. The van der Waals surface area contributed by atoms with E-state index in [2.05, 4.69) is 5.10 Å². The minimum absolute atomic E-state index is 0.188. The van der Waals surface area contributed by atoms with Crippen molar-refractivity contribution < 1.29 is 14.3 Å². The van der Waals surface area contributed by atoms with Gasteiger partial charge in [0.05, 0.1) is 12.3 Å². The number of carbonyl (C=O) groups is 2. The summed E-state index contributed by atoms with van der Waals surface area (Å²) in [5.74, 6) is -0.465. The fraction of sp³-hybridized carbons (Fsp3) is 0.400. The van der Waals surface area contributed by atoms with E-state index >= 15 is 0 Å². The molecule has 1 aliphatic heterocycles. The lowest BCUT2D eigenvalue weighted by molar-refractivity contribution is -0.136. The smallest absolute Gasteiger partial charge is 0.354 e. The van der Waals surface area contributed by atoms with Crippen LogP contribution in [0.25, 0.3) is 0 Å². The number of ether oxygens (including phenoxy) is 1. The Labute approximate surface area is 122 Å². The minimum atomic E-state index is -0.643. The van der Waals surface area contributed by atoms with Crippen LogP contribution in [0.5, 0.6) is 0 Å². The molecular formula is C15H17N3O3. The molecule has 0 bridgehead atoms. The third kappa shape index (κ3) is 3.04.